The molecule has 1 N–H and O–H groups in total. The van der Waals surface area contributed by atoms with E-state index in [2.05, 4.69) is 29.9 Å². The van der Waals surface area contributed by atoms with Gasteiger partial charge in [-0.3, -0.25) is 19.3 Å². The van der Waals surface area contributed by atoms with E-state index in [0.29, 0.717) is 28.8 Å². The Hall–Kier alpha value is -3.20. The molecule has 0 aliphatic heterocycles. The molecule has 3 heterocycles. The summed E-state index contributed by atoms with van der Waals surface area (Å²) in [7, 11) is 0.509. The molecule has 0 aromatic carbocycles. The van der Waals surface area contributed by atoms with Gasteiger partial charge in [-0.05, 0) is 33.8 Å². The average molecular weight is 550 g/mol. The minimum Gasteiger partial charge on any atom is -0.481 e. The molecule has 14 heteroatoms. The van der Waals surface area contributed by atoms with Crippen LogP contribution < -0.4 is 9.46 Å². The van der Waals surface area contributed by atoms with E-state index in [1.807, 2.05) is 13.8 Å². The highest BCUT2D eigenvalue weighted by Gasteiger charge is 2.35. The van der Waals surface area contributed by atoms with Gasteiger partial charge in [-0.1, -0.05) is 6.07 Å². The lowest BCUT2D eigenvalue weighted by Gasteiger charge is -2.26. The monoisotopic (exact) mass is 549 g/mol. The van der Waals surface area contributed by atoms with Crippen molar-refractivity contribution in [3.63, 3.8) is 0 Å². The van der Waals surface area contributed by atoms with Crippen LogP contribution in [0, 0.1) is 6.92 Å². The number of aryl methyl sites for hydroxylation is 1. The van der Waals surface area contributed by atoms with Gasteiger partial charge < -0.3 is 18.9 Å². The van der Waals surface area contributed by atoms with E-state index in [0.717, 1.165) is 0 Å². The SMILES string of the molecule is COCC(COC)n1c(NS(=O)(=O)[C@@H](C)[C@@H](OC(C)C)c2cnc(C)cn2)nnc1-c1cccc(OC)n1. The van der Waals surface area contributed by atoms with E-state index in [1.165, 1.54) is 13.3 Å². The molecule has 2 atom stereocenters. The van der Waals surface area contributed by atoms with Gasteiger partial charge in [0, 0.05) is 26.5 Å². The predicted octanol–water partition coefficient (Wildman–Crippen LogP) is 2.58. The van der Waals surface area contributed by atoms with Crippen molar-refractivity contribution in [1.82, 2.24) is 29.7 Å². The molecule has 0 unspecified atom stereocenters. The van der Waals surface area contributed by atoms with Gasteiger partial charge in [0.15, 0.2) is 5.82 Å². The van der Waals surface area contributed by atoms with Gasteiger partial charge in [0.05, 0.1) is 50.1 Å². The normalized spacial score (nSPS) is 13.6. The lowest BCUT2D eigenvalue weighted by atomic mass is 10.2. The molecule has 3 aromatic heterocycles. The minimum absolute atomic E-state index is 0.0196. The lowest BCUT2D eigenvalue weighted by molar-refractivity contribution is 0.00394. The Morgan fingerprint density at radius 1 is 1.00 bits per heavy atom. The van der Waals surface area contributed by atoms with Crippen LogP contribution in [0.3, 0.4) is 0 Å². The first kappa shape index (κ1) is 29.4. The van der Waals surface area contributed by atoms with Crippen LogP contribution in [0.15, 0.2) is 30.6 Å². The smallest absolute Gasteiger partial charge is 0.240 e. The van der Waals surface area contributed by atoms with Gasteiger partial charge in [-0.15, -0.1) is 10.2 Å². The molecule has 0 radical (unpaired) electrons. The van der Waals surface area contributed by atoms with Crippen LogP contribution in [-0.2, 0) is 24.2 Å². The van der Waals surface area contributed by atoms with Crippen molar-refractivity contribution in [3.8, 4) is 17.4 Å². The maximum Gasteiger partial charge on any atom is 0.240 e. The maximum atomic E-state index is 13.7. The number of ether oxygens (including phenoxy) is 4. The van der Waals surface area contributed by atoms with E-state index in [4.69, 9.17) is 18.9 Å². The van der Waals surface area contributed by atoms with Crippen LogP contribution in [-0.4, -0.2) is 84.0 Å². The minimum atomic E-state index is -4.08. The first-order chi connectivity index (χ1) is 18.1. The summed E-state index contributed by atoms with van der Waals surface area (Å²) in [4.78, 5) is 13.1. The van der Waals surface area contributed by atoms with Crippen molar-refractivity contribution in [2.75, 3.05) is 39.3 Å². The molecular formula is C24H35N7O6S. The molecule has 0 fully saturated rings. The molecule has 0 aliphatic carbocycles. The van der Waals surface area contributed by atoms with Crippen LogP contribution in [0.25, 0.3) is 11.5 Å². The Kier molecular flexibility index (Phi) is 10.1. The third-order valence-electron chi connectivity index (χ3n) is 5.60. The highest BCUT2D eigenvalue weighted by Crippen LogP contribution is 2.30. The van der Waals surface area contributed by atoms with E-state index in [-0.39, 0.29) is 25.3 Å². The summed E-state index contributed by atoms with van der Waals surface area (Å²) in [5.41, 5.74) is 1.55. The maximum absolute atomic E-state index is 13.7. The average Bonchev–Trinajstić information content (AvgIpc) is 3.29. The van der Waals surface area contributed by atoms with Crippen molar-refractivity contribution >= 4 is 16.0 Å². The van der Waals surface area contributed by atoms with Gasteiger partial charge in [0.25, 0.3) is 0 Å². The van der Waals surface area contributed by atoms with Gasteiger partial charge in [0.1, 0.15) is 17.0 Å². The number of hydrogen-bond donors (Lipinski definition) is 1. The third kappa shape index (κ3) is 7.01. The molecule has 0 spiro atoms. The van der Waals surface area contributed by atoms with Gasteiger partial charge >= 0.3 is 0 Å². The van der Waals surface area contributed by atoms with Crippen LogP contribution in [0.1, 0.15) is 44.3 Å². The molecule has 0 aliphatic rings. The molecule has 0 saturated carbocycles. The van der Waals surface area contributed by atoms with Crippen LogP contribution in [0.5, 0.6) is 5.88 Å². The quantitative estimate of drug-likeness (QED) is 0.316. The first-order valence-electron chi connectivity index (χ1n) is 12.0. The number of nitrogens with zero attached hydrogens (tertiary/aromatic N) is 6. The Balaban J connectivity index is 2.05. The summed E-state index contributed by atoms with van der Waals surface area (Å²) in [6.07, 6.45) is 1.95. The van der Waals surface area contributed by atoms with Crippen molar-refractivity contribution in [3.05, 3.63) is 42.0 Å². The van der Waals surface area contributed by atoms with Gasteiger partial charge in [-0.25, -0.2) is 13.4 Å². The number of methoxy groups -OCH3 is 3. The molecule has 13 nitrogen and oxygen atoms in total. The summed E-state index contributed by atoms with van der Waals surface area (Å²) >= 11 is 0. The zero-order valence-corrected chi connectivity index (χ0v) is 23.5. The highest BCUT2D eigenvalue weighted by atomic mass is 32.2. The fourth-order valence-corrected chi connectivity index (χ4v) is 4.87. The molecule has 208 valence electrons. The largest absolute Gasteiger partial charge is 0.481 e. The Bertz CT molecular complexity index is 1280. The highest BCUT2D eigenvalue weighted by molar-refractivity contribution is 7.93. The van der Waals surface area contributed by atoms with Crippen molar-refractivity contribution in [2.45, 2.75) is 51.2 Å². The number of aromatic nitrogens is 6. The molecule has 0 saturated heterocycles. The summed E-state index contributed by atoms with van der Waals surface area (Å²) < 4.78 is 53.6. The number of pyridine rings is 1. The summed E-state index contributed by atoms with van der Waals surface area (Å²) in [6, 6.07) is 4.70. The van der Waals surface area contributed by atoms with Gasteiger partial charge in [0.2, 0.25) is 21.9 Å². The van der Waals surface area contributed by atoms with Crippen molar-refractivity contribution in [2.24, 2.45) is 0 Å². The molecule has 0 bridgehead atoms. The number of rotatable bonds is 14. The molecule has 0 amide bonds. The lowest BCUT2D eigenvalue weighted by Crippen LogP contribution is -2.35. The Morgan fingerprint density at radius 3 is 2.29 bits per heavy atom. The number of nitrogens with one attached hydrogen (secondary N) is 1. The fourth-order valence-electron chi connectivity index (χ4n) is 3.76. The van der Waals surface area contributed by atoms with Crippen LogP contribution in [0.2, 0.25) is 0 Å². The molecule has 38 heavy (non-hydrogen) atoms. The van der Waals surface area contributed by atoms with E-state index in [1.54, 1.807) is 57.0 Å². The molecule has 3 aromatic rings. The Morgan fingerprint density at radius 2 is 1.71 bits per heavy atom. The second-order valence-corrected chi connectivity index (χ2v) is 10.9. The molecule has 3 rings (SSSR count). The van der Waals surface area contributed by atoms with E-state index in [9.17, 15) is 8.42 Å². The summed E-state index contributed by atoms with van der Waals surface area (Å²) in [6.45, 7) is 7.40. The second-order valence-electron chi connectivity index (χ2n) is 8.89. The fraction of sp³-hybridized carbons (Fsp3) is 0.542. The number of hydrogen-bond acceptors (Lipinski definition) is 11. The van der Waals surface area contributed by atoms with E-state index >= 15 is 0 Å². The first-order valence-corrected chi connectivity index (χ1v) is 13.6. The molecular weight excluding hydrogens is 514 g/mol. The van der Waals surface area contributed by atoms with E-state index < -0.39 is 27.4 Å². The third-order valence-corrected chi connectivity index (χ3v) is 7.29. The Labute approximate surface area is 223 Å². The van der Waals surface area contributed by atoms with Crippen LogP contribution in [0.4, 0.5) is 5.95 Å². The standard InChI is InChI=1S/C24H35N7O6S/c1-15(2)37-22(20-12-25-16(3)11-26-20)17(4)38(32,33)30-24-29-28-23(19-9-8-10-21(27-19)36-7)31(24)18(13-34-5)14-35-6/h8-12,15,17-18,22H,13-14H2,1-7H3,(H,29,30)/t17-,22+/m0/s1. The predicted molar refractivity (Wildman–Crippen MR) is 140 cm³/mol. The van der Waals surface area contributed by atoms with Crippen molar-refractivity contribution < 1.29 is 27.4 Å². The zero-order valence-electron chi connectivity index (χ0n) is 22.7. The van der Waals surface area contributed by atoms with Crippen LogP contribution >= 0.6 is 0 Å². The number of anilines is 1. The van der Waals surface area contributed by atoms with Crippen molar-refractivity contribution in [1.29, 1.82) is 0 Å². The summed E-state index contributed by atoms with van der Waals surface area (Å²) in [5.74, 6) is 0.664. The number of sulfonamides is 1. The second kappa shape index (κ2) is 13.0. The zero-order chi connectivity index (χ0) is 27.9. The summed E-state index contributed by atoms with van der Waals surface area (Å²) in [5, 5.41) is 7.36. The van der Waals surface area contributed by atoms with Gasteiger partial charge in [-0.2, -0.15) is 0 Å². The topological polar surface area (TPSA) is 152 Å².